The van der Waals surface area contributed by atoms with Crippen LogP contribution < -0.4 is 11.1 Å². The van der Waals surface area contributed by atoms with E-state index in [1.165, 1.54) is 0 Å². The van der Waals surface area contributed by atoms with Crippen LogP contribution >= 0.6 is 24.0 Å². The molecule has 1 fully saturated rings. The molecule has 0 aromatic carbocycles. The van der Waals surface area contributed by atoms with Crippen LogP contribution in [0, 0.1) is 0 Å². The minimum atomic E-state index is -0.344. The van der Waals surface area contributed by atoms with Crippen molar-refractivity contribution in [1.29, 1.82) is 0 Å². The number of rotatable bonds is 6. The summed E-state index contributed by atoms with van der Waals surface area (Å²) in [5.41, 5.74) is 6.86. The van der Waals surface area contributed by atoms with Gasteiger partial charge in [-0.2, -0.15) is 0 Å². The Morgan fingerprint density at radius 1 is 1.46 bits per heavy atom. The summed E-state index contributed by atoms with van der Waals surface area (Å²) in [6, 6.07) is 5.83. The molecule has 24 heavy (non-hydrogen) atoms. The lowest BCUT2D eigenvalue weighted by molar-refractivity contribution is -0.140. The summed E-state index contributed by atoms with van der Waals surface area (Å²) in [5, 5.41) is 3.06. The van der Waals surface area contributed by atoms with E-state index in [-0.39, 0.29) is 42.1 Å². The Hall–Kier alpha value is -1.42. The number of carbonyl (C=O) groups is 1. The molecule has 1 amide bonds. The Bertz CT molecular complexity index is 539. The van der Waals surface area contributed by atoms with Crippen LogP contribution in [0.1, 0.15) is 18.5 Å². The van der Waals surface area contributed by atoms with Crippen molar-refractivity contribution >= 4 is 35.8 Å². The number of nitrogens with one attached hydrogen (secondary N) is 1. The van der Waals surface area contributed by atoms with Gasteiger partial charge in [-0.05, 0) is 25.0 Å². The molecular formula is C16H26IN5O2. The van der Waals surface area contributed by atoms with Crippen molar-refractivity contribution in [2.75, 3.05) is 27.2 Å². The number of ether oxygens (including phenoxy) is 1. The van der Waals surface area contributed by atoms with Crippen molar-refractivity contribution in [1.82, 2.24) is 15.2 Å². The highest BCUT2D eigenvalue weighted by Crippen LogP contribution is 2.21. The molecular weight excluding hydrogens is 421 g/mol. The van der Waals surface area contributed by atoms with Gasteiger partial charge < -0.3 is 20.7 Å². The number of hydrogen-bond donors (Lipinski definition) is 2. The lowest BCUT2D eigenvalue weighted by atomic mass is 10.2. The number of halogens is 1. The molecule has 1 aromatic rings. The Balaban J connectivity index is 0.00000288. The molecule has 0 aliphatic carbocycles. The van der Waals surface area contributed by atoms with E-state index < -0.39 is 0 Å². The number of pyridine rings is 1. The Morgan fingerprint density at radius 2 is 2.25 bits per heavy atom. The molecule has 1 aliphatic rings. The van der Waals surface area contributed by atoms with Crippen molar-refractivity contribution in [3.8, 4) is 0 Å². The molecule has 7 nitrogen and oxygen atoms in total. The normalized spacial score (nSPS) is 20.3. The Morgan fingerprint density at radius 3 is 2.92 bits per heavy atom. The number of nitrogens with two attached hydrogens (primary N) is 1. The van der Waals surface area contributed by atoms with E-state index in [0.717, 1.165) is 25.0 Å². The van der Waals surface area contributed by atoms with Gasteiger partial charge >= 0.3 is 0 Å². The van der Waals surface area contributed by atoms with Crippen LogP contribution in [0.3, 0.4) is 0 Å². The maximum atomic E-state index is 11.8. The van der Waals surface area contributed by atoms with Gasteiger partial charge in [0, 0.05) is 39.0 Å². The van der Waals surface area contributed by atoms with E-state index >= 15 is 0 Å². The third-order valence-electron chi connectivity index (χ3n) is 3.70. The highest BCUT2D eigenvalue weighted by molar-refractivity contribution is 14.0. The van der Waals surface area contributed by atoms with Gasteiger partial charge in [-0.1, -0.05) is 6.07 Å². The van der Waals surface area contributed by atoms with Crippen molar-refractivity contribution in [3.05, 3.63) is 30.1 Å². The van der Waals surface area contributed by atoms with Gasteiger partial charge in [0.05, 0.1) is 12.6 Å². The first kappa shape index (κ1) is 20.6. The van der Waals surface area contributed by atoms with Crippen molar-refractivity contribution in [2.24, 2.45) is 10.7 Å². The lowest BCUT2D eigenvalue weighted by Crippen LogP contribution is -2.35. The average Bonchev–Trinajstić information content (AvgIpc) is 3.02. The standard InChI is InChI=1S/C16H25N5O2.HI/c1-21(2)15(22)14-7-6-13(23-14)11-20-16(17)19-10-8-12-5-3-4-9-18-12;/h3-5,9,13-14H,6-8,10-11H2,1-2H3,(H3,17,19,20);1H. The molecule has 1 saturated heterocycles. The Labute approximate surface area is 160 Å². The third-order valence-corrected chi connectivity index (χ3v) is 3.70. The minimum absolute atomic E-state index is 0. The zero-order valence-corrected chi connectivity index (χ0v) is 16.5. The summed E-state index contributed by atoms with van der Waals surface area (Å²) in [6.45, 7) is 1.15. The molecule has 1 aliphatic heterocycles. The molecule has 2 unspecified atom stereocenters. The number of guanidine groups is 1. The van der Waals surface area contributed by atoms with Crippen LogP contribution in [0.5, 0.6) is 0 Å². The van der Waals surface area contributed by atoms with Crippen LogP contribution in [-0.2, 0) is 16.0 Å². The van der Waals surface area contributed by atoms with Crippen LogP contribution in [0.2, 0.25) is 0 Å². The molecule has 2 atom stereocenters. The fourth-order valence-corrected chi connectivity index (χ4v) is 2.43. The summed E-state index contributed by atoms with van der Waals surface area (Å²) in [5.74, 6) is 0.407. The number of nitrogens with zero attached hydrogens (tertiary/aromatic N) is 3. The second-order valence-corrected chi connectivity index (χ2v) is 5.78. The number of hydrogen-bond acceptors (Lipinski definition) is 4. The second kappa shape index (κ2) is 10.4. The van der Waals surface area contributed by atoms with Gasteiger partial charge in [-0.3, -0.25) is 14.8 Å². The second-order valence-electron chi connectivity index (χ2n) is 5.78. The van der Waals surface area contributed by atoms with E-state index in [4.69, 9.17) is 10.5 Å². The first-order chi connectivity index (χ1) is 11.1. The SMILES string of the molecule is CN(C)C(=O)C1CCC(CN=C(N)NCCc2ccccn2)O1.I. The number of amides is 1. The monoisotopic (exact) mass is 447 g/mol. The quantitative estimate of drug-likeness (QED) is 0.382. The smallest absolute Gasteiger partial charge is 0.251 e. The van der Waals surface area contributed by atoms with Crippen LogP contribution in [0.15, 0.2) is 29.4 Å². The van der Waals surface area contributed by atoms with Gasteiger partial charge in [-0.15, -0.1) is 24.0 Å². The lowest BCUT2D eigenvalue weighted by Gasteiger charge is -2.16. The van der Waals surface area contributed by atoms with Gasteiger partial charge in [0.25, 0.3) is 5.91 Å². The number of aliphatic imine (C=N–C) groups is 1. The minimum Gasteiger partial charge on any atom is -0.370 e. The van der Waals surface area contributed by atoms with E-state index in [9.17, 15) is 4.79 Å². The number of likely N-dealkylation sites (N-methyl/N-ethyl adjacent to an activating group) is 1. The van der Waals surface area contributed by atoms with Gasteiger partial charge in [0.2, 0.25) is 0 Å². The van der Waals surface area contributed by atoms with E-state index in [1.807, 2.05) is 18.2 Å². The summed E-state index contributed by atoms with van der Waals surface area (Å²) in [4.78, 5) is 21.9. The number of carbonyl (C=O) groups excluding carboxylic acids is 1. The zero-order valence-electron chi connectivity index (χ0n) is 14.1. The fourth-order valence-electron chi connectivity index (χ4n) is 2.43. The van der Waals surface area contributed by atoms with Crippen molar-refractivity contribution in [2.45, 2.75) is 31.5 Å². The molecule has 134 valence electrons. The highest BCUT2D eigenvalue weighted by Gasteiger charge is 2.31. The third kappa shape index (κ3) is 6.60. The van der Waals surface area contributed by atoms with Crippen molar-refractivity contribution in [3.63, 3.8) is 0 Å². The van der Waals surface area contributed by atoms with Crippen LogP contribution in [0.4, 0.5) is 0 Å². The maximum Gasteiger partial charge on any atom is 0.251 e. The first-order valence-corrected chi connectivity index (χ1v) is 7.86. The summed E-state index contributed by atoms with van der Waals surface area (Å²) < 4.78 is 5.72. The average molecular weight is 447 g/mol. The van der Waals surface area contributed by atoms with Crippen molar-refractivity contribution < 1.29 is 9.53 Å². The number of aromatic nitrogens is 1. The maximum absolute atomic E-state index is 11.8. The van der Waals surface area contributed by atoms with E-state index in [2.05, 4.69) is 15.3 Å². The summed E-state index contributed by atoms with van der Waals surface area (Å²) in [6.07, 6.45) is 3.74. The fraction of sp³-hybridized carbons (Fsp3) is 0.562. The molecule has 0 bridgehead atoms. The van der Waals surface area contributed by atoms with E-state index in [0.29, 0.717) is 19.0 Å². The molecule has 0 saturated carbocycles. The van der Waals surface area contributed by atoms with Gasteiger partial charge in [0.15, 0.2) is 5.96 Å². The molecule has 2 heterocycles. The molecule has 1 aromatic heterocycles. The topological polar surface area (TPSA) is 92.8 Å². The molecule has 2 rings (SSSR count). The van der Waals surface area contributed by atoms with E-state index in [1.54, 1.807) is 25.2 Å². The molecule has 0 spiro atoms. The highest BCUT2D eigenvalue weighted by atomic mass is 127. The predicted octanol–water partition coefficient (Wildman–Crippen LogP) is 0.782. The van der Waals surface area contributed by atoms with Crippen LogP contribution in [-0.4, -0.2) is 61.1 Å². The molecule has 8 heteroatoms. The zero-order chi connectivity index (χ0) is 16.7. The van der Waals surface area contributed by atoms with Gasteiger partial charge in [0.1, 0.15) is 6.10 Å². The Kier molecular flexibility index (Phi) is 8.98. The predicted molar refractivity (Wildman–Crippen MR) is 104 cm³/mol. The molecule has 0 radical (unpaired) electrons. The summed E-state index contributed by atoms with van der Waals surface area (Å²) in [7, 11) is 3.47. The molecule has 3 N–H and O–H groups in total. The van der Waals surface area contributed by atoms with Crippen LogP contribution in [0.25, 0.3) is 0 Å². The van der Waals surface area contributed by atoms with Gasteiger partial charge in [-0.25, -0.2) is 0 Å². The first-order valence-electron chi connectivity index (χ1n) is 7.86. The summed E-state index contributed by atoms with van der Waals surface area (Å²) >= 11 is 0. The largest absolute Gasteiger partial charge is 0.370 e.